The minimum absolute atomic E-state index is 0.707. The van der Waals surface area contributed by atoms with Crippen molar-refractivity contribution in [2.24, 2.45) is 5.92 Å². The van der Waals surface area contributed by atoms with Crippen LogP contribution in [0.15, 0.2) is 30.6 Å². The quantitative estimate of drug-likeness (QED) is 0.783. The van der Waals surface area contributed by atoms with Gasteiger partial charge in [0.1, 0.15) is 0 Å². The van der Waals surface area contributed by atoms with Crippen LogP contribution in [-0.2, 0) is 6.42 Å². The van der Waals surface area contributed by atoms with Crippen molar-refractivity contribution in [2.75, 3.05) is 13.1 Å². The van der Waals surface area contributed by atoms with Crippen molar-refractivity contribution >= 4 is 11.6 Å². The molecule has 0 saturated heterocycles. The molecule has 0 aliphatic heterocycles. The number of hydrogen-bond acceptors (Lipinski definition) is 2. The smallest absolute Gasteiger partial charge is 0.0660 e. The monoisotopic (exact) mass is 305 g/mol. The molecule has 1 aromatic carbocycles. The number of hydrogen-bond donors (Lipinski definition) is 1. The number of halogens is 1. The van der Waals surface area contributed by atoms with Crippen LogP contribution in [0, 0.1) is 12.8 Å². The predicted molar refractivity (Wildman–Crippen MR) is 89.3 cm³/mol. The SMILES string of the molecule is Cc1ccc(-n2cc(CCCNCC(C)C)cn2)cc1Cl. The molecule has 0 radical (unpaired) electrons. The second-order valence-corrected chi connectivity index (χ2v) is 6.34. The fraction of sp³-hybridized carbons (Fsp3) is 0.471. The van der Waals surface area contributed by atoms with E-state index in [2.05, 4.69) is 30.5 Å². The maximum absolute atomic E-state index is 6.16. The van der Waals surface area contributed by atoms with Crippen LogP contribution >= 0.6 is 11.6 Å². The Bertz CT molecular complexity index is 575. The van der Waals surface area contributed by atoms with Crippen LogP contribution in [0.2, 0.25) is 5.02 Å². The van der Waals surface area contributed by atoms with Crippen molar-refractivity contribution in [1.29, 1.82) is 0 Å². The molecule has 0 aliphatic carbocycles. The molecular formula is C17H24ClN3. The van der Waals surface area contributed by atoms with Gasteiger partial charge in [-0.25, -0.2) is 4.68 Å². The average Bonchev–Trinajstić information content (AvgIpc) is 2.90. The fourth-order valence-electron chi connectivity index (χ4n) is 2.16. The lowest BCUT2D eigenvalue weighted by Gasteiger charge is -2.06. The molecule has 1 heterocycles. The van der Waals surface area contributed by atoms with Gasteiger partial charge >= 0.3 is 0 Å². The van der Waals surface area contributed by atoms with Gasteiger partial charge in [0.05, 0.1) is 11.9 Å². The lowest BCUT2D eigenvalue weighted by molar-refractivity contribution is 0.543. The Labute approximate surface area is 132 Å². The van der Waals surface area contributed by atoms with Gasteiger partial charge in [0.25, 0.3) is 0 Å². The second kappa shape index (κ2) is 7.62. The summed E-state index contributed by atoms with van der Waals surface area (Å²) in [4.78, 5) is 0. The van der Waals surface area contributed by atoms with Gasteiger partial charge in [0, 0.05) is 11.2 Å². The van der Waals surface area contributed by atoms with Gasteiger partial charge < -0.3 is 5.32 Å². The van der Waals surface area contributed by atoms with Crippen molar-refractivity contribution in [3.8, 4) is 5.69 Å². The third-order valence-corrected chi connectivity index (χ3v) is 3.83. The van der Waals surface area contributed by atoms with Crippen LogP contribution in [0.4, 0.5) is 0 Å². The van der Waals surface area contributed by atoms with E-state index in [0.29, 0.717) is 5.92 Å². The summed E-state index contributed by atoms with van der Waals surface area (Å²) in [6, 6.07) is 6.02. The van der Waals surface area contributed by atoms with E-state index in [9.17, 15) is 0 Å². The molecule has 2 rings (SSSR count). The molecule has 0 unspecified atom stereocenters. The fourth-order valence-corrected chi connectivity index (χ4v) is 2.34. The van der Waals surface area contributed by atoms with Gasteiger partial charge in [-0.15, -0.1) is 0 Å². The maximum atomic E-state index is 6.16. The van der Waals surface area contributed by atoms with E-state index in [4.69, 9.17) is 11.6 Å². The number of aromatic nitrogens is 2. The molecule has 0 aliphatic rings. The predicted octanol–water partition coefficient (Wildman–Crippen LogP) is 4.01. The molecule has 0 saturated carbocycles. The number of nitrogens with zero attached hydrogens (tertiary/aromatic N) is 2. The first-order valence-corrected chi connectivity index (χ1v) is 7.95. The van der Waals surface area contributed by atoms with Crippen molar-refractivity contribution < 1.29 is 0 Å². The largest absolute Gasteiger partial charge is 0.316 e. The molecule has 0 fully saturated rings. The normalized spacial score (nSPS) is 11.3. The molecular weight excluding hydrogens is 282 g/mol. The average molecular weight is 306 g/mol. The third kappa shape index (κ3) is 4.87. The molecule has 0 amide bonds. The Morgan fingerprint density at radius 1 is 1.33 bits per heavy atom. The lowest BCUT2D eigenvalue weighted by Crippen LogP contribution is -2.20. The third-order valence-electron chi connectivity index (χ3n) is 3.43. The highest BCUT2D eigenvalue weighted by Gasteiger charge is 2.03. The first-order chi connectivity index (χ1) is 10.1. The molecule has 3 nitrogen and oxygen atoms in total. The minimum atomic E-state index is 0.707. The summed E-state index contributed by atoms with van der Waals surface area (Å²) in [7, 11) is 0. The van der Waals surface area contributed by atoms with Crippen LogP contribution < -0.4 is 5.32 Å². The van der Waals surface area contributed by atoms with Crippen LogP contribution in [0.25, 0.3) is 5.69 Å². The lowest BCUT2D eigenvalue weighted by atomic mass is 10.2. The molecule has 21 heavy (non-hydrogen) atoms. The zero-order valence-electron chi connectivity index (χ0n) is 13.1. The number of rotatable bonds is 7. The maximum Gasteiger partial charge on any atom is 0.0660 e. The van der Waals surface area contributed by atoms with Gasteiger partial charge in [-0.2, -0.15) is 5.10 Å². The Kier molecular flexibility index (Phi) is 5.83. The van der Waals surface area contributed by atoms with Crippen LogP contribution in [0.5, 0.6) is 0 Å². The van der Waals surface area contributed by atoms with Gasteiger partial charge in [0.15, 0.2) is 0 Å². The Balaban J connectivity index is 1.87. The highest BCUT2D eigenvalue weighted by atomic mass is 35.5. The highest BCUT2D eigenvalue weighted by Crippen LogP contribution is 2.19. The van der Waals surface area contributed by atoms with E-state index < -0.39 is 0 Å². The van der Waals surface area contributed by atoms with Crippen molar-refractivity contribution in [2.45, 2.75) is 33.6 Å². The molecule has 4 heteroatoms. The molecule has 1 N–H and O–H groups in total. The van der Waals surface area contributed by atoms with Gasteiger partial charge in [-0.1, -0.05) is 31.5 Å². The van der Waals surface area contributed by atoms with Gasteiger partial charge in [-0.05, 0) is 62.0 Å². The van der Waals surface area contributed by atoms with Gasteiger partial charge in [0.2, 0.25) is 0 Å². The van der Waals surface area contributed by atoms with E-state index in [1.807, 2.05) is 36.0 Å². The second-order valence-electron chi connectivity index (χ2n) is 5.93. The van der Waals surface area contributed by atoms with E-state index in [-0.39, 0.29) is 0 Å². The zero-order valence-corrected chi connectivity index (χ0v) is 13.8. The first kappa shape index (κ1) is 16.1. The van der Waals surface area contributed by atoms with Crippen molar-refractivity contribution in [1.82, 2.24) is 15.1 Å². The molecule has 0 spiro atoms. The number of nitrogens with one attached hydrogen (secondary N) is 1. The molecule has 0 atom stereocenters. The molecule has 2 aromatic rings. The number of benzene rings is 1. The number of aryl methyl sites for hydroxylation is 2. The van der Waals surface area contributed by atoms with Crippen LogP contribution in [0.3, 0.4) is 0 Å². The Morgan fingerprint density at radius 3 is 2.86 bits per heavy atom. The highest BCUT2D eigenvalue weighted by molar-refractivity contribution is 6.31. The van der Waals surface area contributed by atoms with E-state index in [0.717, 1.165) is 42.2 Å². The Morgan fingerprint density at radius 2 is 2.14 bits per heavy atom. The van der Waals surface area contributed by atoms with E-state index in [1.165, 1.54) is 5.56 Å². The Hall–Kier alpha value is -1.32. The summed E-state index contributed by atoms with van der Waals surface area (Å²) < 4.78 is 1.89. The molecule has 1 aromatic heterocycles. The minimum Gasteiger partial charge on any atom is -0.316 e. The van der Waals surface area contributed by atoms with Gasteiger partial charge in [-0.3, -0.25) is 0 Å². The van der Waals surface area contributed by atoms with E-state index in [1.54, 1.807) is 0 Å². The topological polar surface area (TPSA) is 29.9 Å². The zero-order chi connectivity index (χ0) is 15.2. The molecule has 114 valence electrons. The van der Waals surface area contributed by atoms with Crippen LogP contribution in [0.1, 0.15) is 31.4 Å². The summed E-state index contributed by atoms with van der Waals surface area (Å²) in [6.07, 6.45) is 6.21. The van der Waals surface area contributed by atoms with E-state index >= 15 is 0 Å². The van der Waals surface area contributed by atoms with Crippen LogP contribution in [-0.4, -0.2) is 22.9 Å². The summed E-state index contributed by atoms with van der Waals surface area (Å²) in [5, 5.41) is 8.66. The van der Waals surface area contributed by atoms with Crippen molar-refractivity contribution in [3.63, 3.8) is 0 Å². The first-order valence-electron chi connectivity index (χ1n) is 7.57. The summed E-state index contributed by atoms with van der Waals surface area (Å²) >= 11 is 6.16. The summed E-state index contributed by atoms with van der Waals surface area (Å²) in [5.41, 5.74) is 3.36. The summed E-state index contributed by atoms with van der Waals surface area (Å²) in [5.74, 6) is 0.707. The van der Waals surface area contributed by atoms with Crippen molar-refractivity contribution in [3.05, 3.63) is 46.7 Å². The molecule has 0 bridgehead atoms. The summed E-state index contributed by atoms with van der Waals surface area (Å²) in [6.45, 7) is 8.60. The standard InChI is InChI=1S/C17H24ClN3/c1-13(2)10-19-8-4-5-15-11-20-21(12-15)16-7-6-14(3)17(18)9-16/h6-7,9,11-13,19H,4-5,8,10H2,1-3H3.